The Hall–Kier alpha value is -0.300. The lowest BCUT2D eigenvalue weighted by Crippen LogP contribution is -2.40. The van der Waals surface area contributed by atoms with E-state index in [-0.39, 0.29) is 5.60 Å². The largest absolute Gasteiger partial charge is 0.370 e. The molecular weight excluding hydrogens is 196 g/mol. The summed E-state index contributed by atoms with van der Waals surface area (Å²) >= 11 is 0. The van der Waals surface area contributed by atoms with E-state index in [4.69, 9.17) is 4.74 Å². The number of rotatable bonds is 1. The maximum atomic E-state index is 5.73. The van der Waals surface area contributed by atoms with E-state index in [1.165, 1.54) is 25.7 Å². The monoisotopic (exact) mass is 220 g/mol. The van der Waals surface area contributed by atoms with Crippen LogP contribution in [-0.2, 0) is 4.74 Å². The average Bonchev–Trinajstić information content (AvgIpc) is 2.97. The number of hydrogen-bond donors (Lipinski definition) is 0. The second kappa shape index (κ2) is 3.60. The van der Waals surface area contributed by atoms with Crippen molar-refractivity contribution in [3.8, 4) is 0 Å². The quantitative estimate of drug-likeness (QED) is 0.484. The summed E-state index contributed by atoms with van der Waals surface area (Å²) in [5.41, 5.74) is 1.85. The van der Waals surface area contributed by atoms with Crippen LogP contribution >= 0.6 is 0 Å². The van der Waals surface area contributed by atoms with Crippen LogP contribution in [0.15, 0.2) is 11.6 Å². The van der Waals surface area contributed by atoms with Crippen LogP contribution < -0.4 is 0 Å². The molecule has 1 heterocycles. The highest BCUT2D eigenvalue weighted by Gasteiger charge is 2.53. The van der Waals surface area contributed by atoms with Gasteiger partial charge >= 0.3 is 0 Å². The predicted octanol–water partition coefficient (Wildman–Crippen LogP) is 3.79. The highest BCUT2D eigenvalue weighted by atomic mass is 16.6. The van der Waals surface area contributed by atoms with E-state index in [0.717, 1.165) is 30.3 Å². The standard InChI is InChI=1S/C15H24O/c1-10-4-6-12-11(2)5-7-14(13(12)8-10)15(3)9-16-15/h8,11-14H,4-7,9H2,1-3H3/t11-,12+,13+,14?,15?/m1/s1. The lowest BCUT2D eigenvalue weighted by molar-refractivity contribution is 0.0637. The van der Waals surface area contributed by atoms with Gasteiger partial charge < -0.3 is 4.74 Å². The summed E-state index contributed by atoms with van der Waals surface area (Å²) in [4.78, 5) is 0. The van der Waals surface area contributed by atoms with Crippen LogP contribution in [0.3, 0.4) is 0 Å². The van der Waals surface area contributed by atoms with Gasteiger partial charge in [0.1, 0.15) is 0 Å². The molecule has 16 heavy (non-hydrogen) atoms. The first-order valence-corrected chi connectivity index (χ1v) is 6.91. The zero-order valence-corrected chi connectivity index (χ0v) is 10.8. The van der Waals surface area contributed by atoms with Gasteiger partial charge in [0.05, 0.1) is 12.2 Å². The normalized spacial score (nSPS) is 51.8. The molecule has 2 aliphatic carbocycles. The molecule has 2 fully saturated rings. The molecular formula is C15H24O. The van der Waals surface area contributed by atoms with Gasteiger partial charge in [0.25, 0.3) is 0 Å². The fraction of sp³-hybridized carbons (Fsp3) is 0.867. The summed E-state index contributed by atoms with van der Waals surface area (Å²) in [7, 11) is 0. The molecule has 0 radical (unpaired) electrons. The molecule has 0 amide bonds. The van der Waals surface area contributed by atoms with E-state index < -0.39 is 0 Å². The molecule has 1 aliphatic heterocycles. The first kappa shape index (κ1) is 10.8. The van der Waals surface area contributed by atoms with Crippen LogP contribution in [-0.4, -0.2) is 12.2 Å². The summed E-state index contributed by atoms with van der Waals surface area (Å²) < 4.78 is 5.73. The minimum absolute atomic E-state index is 0.233. The van der Waals surface area contributed by atoms with Crippen molar-refractivity contribution >= 4 is 0 Å². The Morgan fingerprint density at radius 3 is 2.75 bits per heavy atom. The van der Waals surface area contributed by atoms with Crippen LogP contribution in [0.2, 0.25) is 0 Å². The SMILES string of the molecule is CC1=C[C@@H]2C(C3(C)CO3)CC[C@@H](C)[C@@H]2CC1. The minimum Gasteiger partial charge on any atom is -0.370 e. The van der Waals surface area contributed by atoms with Gasteiger partial charge in [0.2, 0.25) is 0 Å². The maximum absolute atomic E-state index is 5.73. The Morgan fingerprint density at radius 2 is 2.06 bits per heavy atom. The van der Waals surface area contributed by atoms with Gasteiger partial charge in [-0.15, -0.1) is 0 Å². The number of allylic oxidation sites excluding steroid dienone is 2. The third-order valence-electron chi connectivity index (χ3n) is 5.36. The molecule has 1 saturated carbocycles. The summed E-state index contributed by atoms with van der Waals surface area (Å²) in [6, 6.07) is 0. The molecule has 0 aromatic rings. The average molecular weight is 220 g/mol. The van der Waals surface area contributed by atoms with Gasteiger partial charge in [-0.25, -0.2) is 0 Å². The smallest absolute Gasteiger partial charge is 0.0922 e. The molecule has 3 rings (SSSR count). The van der Waals surface area contributed by atoms with E-state index >= 15 is 0 Å². The van der Waals surface area contributed by atoms with E-state index in [9.17, 15) is 0 Å². The molecule has 5 atom stereocenters. The molecule has 0 aromatic carbocycles. The summed E-state index contributed by atoms with van der Waals surface area (Å²) in [6.07, 6.45) is 8.12. The molecule has 3 aliphatic rings. The second-order valence-electron chi connectivity index (χ2n) is 6.56. The third kappa shape index (κ3) is 1.64. The van der Waals surface area contributed by atoms with Crippen molar-refractivity contribution in [1.29, 1.82) is 0 Å². The van der Waals surface area contributed by atoms with Crippen molar-refractivity contribution in [1.82, 2.24) is 0 Å². The van der Waals surface area contributed by atoms with Crippen molar-refractivity contribution < 1.29 is 4.74 Å². The summed E-state index contributed by atoms with van der Waals surface area (Å²) in [6.45, 7) is 8.09. The van der Waals surface area contributed by atoms with E-state index in [1.807, 2.05) is 0 Å². The van der Waals surface area contributed by atoms with E-state index in [0.29, 0.717) is 0 Å². The van der Waals surface area contributed by atoms with E-state index in [1.54, 1.807) is 5.57 Å². The molecule has 0 bridgehead atoms. The Morgan fingerprint density at radius 1 is 1.31 bits per heavy atom. The number of hydrogen-bond acceptors (Lipinski definition) is 1. The highest BCUT2D eigenvalue weighted by Crippen LogP contribution is 2.53. The molecule has 1 nitrogen and oxygen atoms in total. The van der Waals surface area contributed by atoms with Crippen LogP contribution in [0.5, 0.6) is 0 Å². The molecule has 2 unspecified atom stereocenters. The Bertz CT molecular complexity index is 313. The second-order valence-corrected chi connectivity index (χ2v) is 6.56. The van der Waals surface area contributed by atoms with Crippen molar-refractivity contribution in [3.63, 3.8) is 0 Å². The van der Waals surface area contributed by atoms with Crippen molar-refractivity contribution in [2.45, 2.75) is 52.1 Å². The zero-order valence-electron chi connectivity index (χ0n) is 10.8. The molecule has 1 heteroatoms. The number of fused-ring (bicyclic) bond motifs is 1. The lowest BCUT2D eigenvalue weighted by atomic mass is 9.60. The zero-order chi connectivity index (χ0) is 11.3. The number of epoxide rings is 1. The molecule has 90 valence electrons. The Balaban J connectivity index is 1.87. The minimum atomic E-state index is 0.233. The van der Waals surface area contributed by atoms with Gasteiger partial charge in [-0.2, -0.15) is 0 Å². The Kier molecular flexibility index (Phi) is 2.43. The third-order valence-corrected chi connectivity index (χ3v) is 5.36. The van der Waals surface area contributed by atoms with Gasteiger partial charge in [0.15, 0.2) is 0 Å². The van der Waals surface area contributed by atoms with Gasteiger partial charge in [-0.05, 0) is 56.8 Å². The topological polar surface area (TPSA) is 12.5 Å². The van der Waals surface area contributed by atoms with Gasteiger partial charge in [-0.3, -0.25) is 0 Å². The fourth-order valence-corrected chi connectivity index (χ4v) is 4.09. The van der Waals surface area contributed by atoms with Gasteiger partial charge in [0, 0.05) is 0 Å². The summed E-state index contributed by atoms with van der Waals surface area (Å²) in [5.74, 6) is 3.46. The van der Waals surface area contributed by atoms with Crippen molar-refractivity contribution in [2.24, 2.45) is 23.7 Å². The van der Waals surface area contributed by atoms with E-state index in [2.05, 4.69) is 26.8 Å². The first-order chi connectivity index (χ1) is 7.60. The van der Waals surface area contributed by atoms with Crippen LogP contribution in [0.25, 0.3) is 0 Å². The van der Waals surface area contributed by atoms with Crippen molar-refractivity contribution in [2.75, 3.05) is 6.61 Å². The highest BCUT2D eigenvalue weighted by molar-refractivity contribution is 5.14. The van der Waals surface area contributed by atoms with Crippen LogP contribution in [0.1, 0.15) is 46.5 Å². The first-order valence-electron chi connectivity index (χ1n) is 6.91. The van der Waals surface area contributed by atoms with Crippen molar-refractivity contribution in [3.05, 3.63) is 11.6 Å². The Labute approximate surface area is 99.3 Å². The number of ether oxygens (including phenoxy) is 1. The maximum Gasteiger partial charge on any atom is 0.0922 e. The van der Waals surface area contributed by atoms with Gasteiger partial charge in [-0.1, -0.05) is 25.0 Å². The molecule has 0 spiro atoms. The molecule has 0 N–H and O–H groups in total. The van der Waals surface area contributed by atoms with Crippen LogP contribution in [0.4, 0.5) is 0 Å². The lowest BCUT2D eigenvalue weighted by Gasteiger charge is -2.45. The summed E-state index contributed by atoms with van der Waals surface area (Å²) in [5, 5.41) is 0. The molecule has 1 saturated heterocycles. The van der Waals surface area contributed by atoms with Crippen LogP contribution in [0, 0.1) is 23.7 Å². The molecule has 0 aromatic heterocycles. The predicted molar refractivity (Wildman–Crippen MR) is 66.2 cm³/mol. The fourth-order valence-electron chi connectivity index (χ4n) is 4.09.